The molecule has 1 aromatic rings. The fourth-order valence-electron chi connectivity index (χ4n) is 2.13. The number of amides is 2. The molecule has 0 saturated carbocycles. The Labute approximate surface area is 143 Å². The van der Waals surface area contributed by atoms with Gasteiger partial charge >= 0.3 is 5.97 Å². The van der Waals surface area contributed by atoms with Crippen LogP contribution in [0.4, 0.5) is 4.79 Å². The highest BCUT2D eigenvalue weighted by molar-refractivity contribution is 8.18. The third-order valence-corrected chi connectivity index (χ3v) is 4.22. The number of rotatable bonds is 5. The zero-order chi connectivity index (χ0) is 17.9. The maximum atomic E-state index is 12.4. The predicted molar refractivity (Wildman–Crippen MR) is 88.6 cm³/mol. The van der Waals surface area contributed by atoms with Crippen LogP contribution in [-0.2, 0) is 14.3 Å². The van der Waals surface area contributed by atoms with Gasteiger partial charge in [0.2, 0.25) is 0 Å². The van der Waals surface area contributed by atoms with Crippen molar-refractivity contribution < 1.29 is 29.0 Å². The number of benzene rings is 1. The molecule has 1 unspecified atom stereocenters. The molecule has 0 aliphatic carbocycles. The minimum Gasteiger partial charge on any atom is -0.504 e. The van der Waals surface area contributed by atoms with E-state index in [1.54, 1.807) is 19.1 Å². The minimum absolute atomic E-state index is 0.0784. The van der Waals surface area contributed by atoms with Crippen molar-refractivity contribution in [2.24, 2.45) is 0 Å². The quantitative estimate of drug-likeness (QED) is 0.643. The SMILES string of the molecule is CCOC(=O)C(C)N1C(=O)S/C(=C/c2ccc(OC)c(O)c2)C1=O. The van der Waals surface area contributed by atoms with Gasteiger partial charge in [-0.15, -0.1) is 0 Å². The van der Waals surface area contributed by atoms with Crippen molar-refractivity contribution >= 4 is 35.0 Å². The number of ether oxygens (including phenoxy) is 2. The number of esters is 1. The first kappa shape index (κ1) is 17.9. The second-order valence-corrected chi connectivity index (χ2v) is 5.90. The van der Waals surface area contributed by atoms with E-state index in [-0.39, 0.29) is 17.3 Å². The van der Waals surface area contributed by atoms with Crippen LogP contribution in [0.2, 0.25) is 0 Å². The molecular weight excluding hydrogens is 334 g/mol. The molecule has 1 aromatic carbocycles. The molecule has 1 atom stereocenters. The number of hydrogen-bond acceptors (Lipinski definition) is 7. The van der Waals surface area contributed by atoms with Gasteiger partial charge in [0.15, 0.2) is 11.5 Å². The van der Waals surface area contributed by atoms with Crippen LogP contribution < -0.4 is 4.74 Å². The molecule has 0 radical (unpaired) electrons. The van der Waals surface area contributed by atoms with Crippen LogP contribution in [0, 0.1) is 0 Å². The van der Waals surface area contributed by atoms with Gasteiger partial charge in [0, 0.05) is 0 Å². The molecule has 2 amide bonds. The van der Waals surface area contributed by atoms with Gasteiger partial charge in [0.05, 0.1) is 18.6 Å². The van der Waals surface area contributed by atoms with Crippen LogP contribution in [0.1, 0.15) is 19.4 Å². The summed E-state index contributed by atoms with van der Waals surface area (Å²) < 4.78 is 9.80. The molecule has 2 rings (SSSR count). The fourth-order valence-corrected chi connectivity index (χ4v) is 3.04. The highest BCUT2D eigenvalue weighted by Crippen LogP contribution is 2.35. The summed E-state index contributed by atoms with van der Waals surface area (Å²) >= 11 is 0.734. The van der Waals surface area contributed by atoms with Crippen molar-refractivity contribution in [1.29, 1.82) is 0 Å². The first-order valence-electron chi connectivity index (χ1n) is 7.19. The van der Waals surface area contributed by atoms with Crippen molar-refractivity contribution in [2.75, 3.05) is 13.7 Å². The molecule has 1 aliphatic heterocycles. The smallest absolute Gasteiger partial charge is 0.329 e. The average molecular weight is 351 g/mol. The highest BCUT2D eigenvalue weighted by atomic mass is 32.2. The molecule has 1 heterocycles. The molecule has 7 nitrogen and oxygen atoms in total. The molecule has 1 N–H and O–H groups in total. The normalized spacial score (nSPS) is 17.3. The number of hydrogen-bond donors (Lipinski definition) is 1. The molecule has 24 heavy (non-hydrogen) atoms. The minimum atomic E-state index is -0.993. The Kier molecular flexibility index (Phi) is 5.50. The lowest BCUT2D eigenvalue weighted by molar-refractivity contribution is -0.150. The summed E-state index contributed by atoms with van der Waals surface area (Å²) in [6, 6.07) is 3.61. The van der Waals surface area contributed by atoms with Gasteiger partial charge in [-0.1, -0.05) is 6.07 Å². The van der Waals surface area contributed by atoms with Crippen LogP contribution in [0.25, 0.3) is 6.08 Å². The monoisotopic (exact) mass is 351 g/mol. The molecule has 0 aromatic heterocycles. The second kappa shape index (κ2) is 7.39. The van der Waals surface area contributed by atoms with Crippen molar-refractivity contribution in [3.63, 3.8) is 0 Å². The van der Waals surface area contributed by atoms with Gasteiger partial charge in [-0.3, -0.25) is 14.5 Å². The van der Waals surface area contributed by atoms with Gasteiger partial charge < -0.3 is 14.6 Å². The lowest BCUT2D eigenvalue weighted by Gasteiger charge is -2.19. The van der Waals surface area contributed by atoms with Crippen LogP contribution in [0.5, 0.6) is 11.5 Å². The zero-order valence-corrected chi connectivity index (χ0v) is 14.3. The Bertz CT molecular complexity index is 715. The Morgan fingerprint density at radius 2 is 2.12 bits per heavy atom. The first-order valence-corrected chi connectivity index (χ1v) is 8.01. The van der Waals surface area contributed by atoms with Crippen LogP contribution in [0.15, 0.2) is 23.1 Å². The number of phenols is 1. The molecule has 1 fully saturated rings. The Balaban J connectivity index is 2.24. The van der Waals surface area contributed by atoms with Crippen molar-refractivity contribution in [3.05, 3.63) is 28.7 Å². The summed E-state index contributed by atoms with van der Waals surface area (Å²) in [4.78, 5) is 37.2. The molecule has 1 aliphatic rings. The maximum Gasteiger partial charge on any atom is 0.329 e. The summed E-state index contributed by atoms with van der Waals surface area (Å²) in [6.45, 7) is 3.26. The molecule has 1 saturated heterocycles. The largest absolute Gasteiger partial charge is 0.504 e. The summed E-state index contributed by atoms with van der Waals surface area (Å²) in [7, 11) is 1.43. The van der Waals surface area contributed by atoms with Gasteiger partial charge in [-0.05, 0) is 49.4 Å². The van der Waals surface area contributed by atoms with E-state index >= 15 is 0 Å². The van der Waals surface area contributed by atoms with E-state index in [2.05, 4.69) is 0 Å². The number of nitrogens with zero attached hydrogens (tertiary/aromatic N) is 1. The topological polar surface area (TPSA) is 93.1 Å². The fraction of sp³-hybridized carbons (Fsp3) is 0.312. The average Bonchev–Trinajstić information content (AvgIpc) is 2.81. The van der Waals surface area contributed by atoms with Crippen LogP contribution in [0.3, 0.4) is 0 Å². The lowest BCUT2D eigenvalue weighted by atomic mass is 10.2. The van der Waals surface area contributed by atoms with Crippen molar-refractivity contribution in [2.45, 2.75) is 19.9 Å². The number of thioether (sulfide) groups is 1. The predicted octanol–water partition coefficient (Wildman–Crippen LogP) is 2.39. The lowest BCUT2D eigenvalue weighted by Crippen LogP contribution is -2.42. The number of carbonyl (C=O) groups excluding carboxylic acids is 3. The molecule has 0 bridgehead atoms. The molecular formula is C16H17NO6S. The number of phenolic OH excluding ortho intramolecular Hbond substituents is 1. The van der Waals surface area contributed by atoms with Gasteiger partial charge in [-0.25, -0.2) is 4.79 Å². The Morgan fingerprint density at radius 1 is 1.42 bits per heavy atom. The number of aromatic hydroxyl groups is 1. The van der Waals surface area contributed by atoms with Crippen molar-refractivity contribution in [3.8, 4) is 11.5 Å². The number of methoxy groups -OCH3 is 1. The zero-order valence-electron chi connectivity index (χ0n) is 13.4. The molecule has 0 spiro atoms. The number of carbonyl (C=O) groups is 3. The van der Waals surface area contributed by atoms with E-state index in [4.69, 9.17) is 9.47 Å². The summed E-state index contributed by atoms with van der Waals surface area (Å²) in [5.74, 6) is -0.981. The Hall–Kier alpha value is -2.48. The highest BCUT2D eigenvalue weighted by Gasteiger charge is 2.41. The summed E-state index contributed by atoms with van der Waals surface area (Å²) in [5, 5.41) is 9.23. The Morgan fingerprint density at radius 3 is 2.71 bits per heavy atom. The first-order chi connectivity index (χ1) is 11.4. The van der Waals surface area contributed by atoms with Gasteiger partial charge in [0.25, 0.3) is 11.1 Å². The second-order valence-electron chi connectivity index (χ2n) is 4.91. The number of imide groups is 1. The molecule has 8 heteroatoms. The van der Waals surface area contributed by atoms with E-state index in [9.17, 15) is 19.5 Å². The van der Waals surface area contributed by atoms with Crippen LogP contribution >= 0.6 is 11.8 Å². The maximum absolute atomic E-state index is 12.4. The standard InChI is InChI=1S/C16H17NO6S/c1-4-23-15(20)9(2)17-14(19)13(24-16(17)21)8-10-5-6-12(22-3)11(18)7-10/h5-9,18H,4H2,1-3H3/b13-8+. The van der Waals surface area contributed by atoms with Gasteiger partial charge in [0.1, 0.15) is 6.04 Å². The van der Waals surface area contributed by atoms with E-state index in [0.717, 1.165) is 16.7 Å². The van der Waals surface area contributed by atoms with E-state index < -0.39 is 23.2 Å². The third-order valence-electron chi connectivity index (χ3n) is 3.34. The summed E-state index contributed by atoms with van der Waals surface area (Å²) in [5.41, 5.74) is 0.530. The van der Waals surface area contributed by atoms with Gasteiger partial charge in [-0.2, -0.15) is 0 Å². The van der Waals surface area contributed by atoms with Crippen molar-refractivity contribution in [1.82, 2.24) is 4.90 Å². The third kappa shape index (κ3) is 3.53. The van der Waals surface area contributed by atoms with E-state index in [1.807, 2.05) is 0 Å². The van der Waals surface area contributed by atoms with E-state index in [0.29, 0.717) is 11.3 Å². The van der Waals surface area contributed by atoms with Crippen LogP contribution in [-0.4, -0.2) is 46.9 Å². The summed E-state index contributed by atoms with van der Waals surface area (Å²) in [6.07, 6.45) is 1.47. The molecule has 128 valence electrons. The van der Waals surface area contributed by atoms with E-state index in [1.165, 1.54) is 26.2 Å².